The molecule has 4 rings (SSSR count). The van der Waals surface area contributed by atoms with E-state index in [1.54, 1.807) is 11.8 Å². The average Bonchev–Trinajstić information content (AvgIpc) is 2.91. The van der Waals surface area contributed by atoms with Crippen LogP contribution < -0.4 is 10.6 Å². The van der Waals surface area contributed by atoms with E-state index < -0.39 is 5.54 Å². The highest BCUT2D eigenvalue weighted by Crippen LogP contribution is 2.49. The van der Waals surface area contributed by atoms with Crippen LogP contribution in [0.25, 0.3) is 5.52 Å². The summed E-state index contributed by atoms with van der Waals surface area (Å²) >= 11 is 1.69. The minimum absolute atomic E-state index is 0.171. The molecule has 0 bridgehead atoms. The zero-order chi connectivity index (χ0) is 16.2. The van der Waals surface area contributed by atoms with Gasteiger partial charge in [-0.15, -0.1) is 11.8 Å². The van der Waals surface area contributed by atoms with E-state index in [0.29, 0.717) is 11.8 Å². The Morgan fingerprint density at radius 2 is 2.13 bits per heavy atom. The molecular formula is C17H22N4OS. The van der Waals surface area contributed by atoms with E-state index in [1.807, 2.05) is 32.2 Å². The van der Waals surface area contributed by atoms with Gasteiger partial charge in [0.15, 0.2) is 0 Å². The van der Waals surface area contributed by atoms with Crippen LogP contribution in [0.15, 0.2) is 29.4 Å². The monoisotopic (exact) mass is 330 g/mol. The summed E-state index contributed by atoms with van der Waals surface area (Å²) in [6, 6.07) is 6.17. The van der Waals surface area contributed by atoms with Gasteiger partial charge in [-0.05, 0) is 57.2 Å². The van der Waals surface area contributed by atoms with Crippen LogP contribution in [0, 0.1) is 17.8 Å². The SMILES string of the molecule is CSc1cccc2cnc(C(C)(C)NC(=O)[C@H]3[C@@H]4CNC[C@@H]43)n12. The van der Waals surface area contributed by atoms with Crippen molar-refractivity contribution in [2.24, 2.45) is 17.8 Å². The van der Waals surface area contributed by atoms with Gasteiger partial charge in [-0.1, -0.05) is 6.07 Å². The largest absolute Gasteiger partial charge is 0.344 e. The highest BCUT2D eigenvalue weighted by molar-refractivity contribution is 7.98. The number of hydrogen-bond acceptors (Lipinski definition) is 4. The van der Waals surface area contributed by atoms with Crippen LogP contribution in [0.5, 0.6) is 0 Å². The standard InChI is InChI=1S/C17H22N4OS/c1-17(2,20-15(22)14-11-8-18-9-12(11)14)16-19-7-10-5-4-6-13(23-3)21(10)16/h4-7,11-12,14,18H,8-9H2,1-3H3,(H,20,22)/t11-,12+,14+. The quantitative estimate of drug-likeness (QED) is 0.841. The van der Waals surface area contributed by atoms with E-state index in [0.717, 1.165) is 29.5 Å². The van der Waals surface area contributed by atoms with Gasteiger partial charge in [0.05, 0.1) is 22.3 Å². The molecule has 1 amide bonds. The normalized spacial score (nSPS) is 26.3. The molecule has 0 radical (unpaired) electrons. The molecule has 3 heterocycles. The van der Waals surface area contributed by atoms with Crippen LogP contribution in [0.2, 0.25) is 0 Å². The van der Waals surface area contributed by atoms with Gasteiger partial charge in [-0.3, -0.25) is 9.20 Å². The zero-order valence-corrected chi connectivity index (χ0v) is 14.5. The van der Waals surface area contributed by atoms with Crippen molar-refractivity contribution in [3.8, 4) is 0 Å². The van der Waals surface area contributed by atoms with Crippen molar-refractivity contribution in [3.63, 3.8) is 0 Å². The van der Waals surface area contributed by atoms with Crippen LogP contribution >= 0.6 is 11.8 Å². The van der Waals surface area contributed by atoms with Gasteiger partial charge >= 0.3 is 0 Å². The molecule has 0 unspecified atom stereocenters. The second kappa shape index (κ2) is 5.24. The Balaban J connectivity index is 1.62. The number of fused-ring (bicyclic) bond motifs is 2. The number of hydrogen-bond donors (Lipinski definition) is 2. The van der Waals surface area contributed by atoms with Gasteiger partial charge in [-0.2, -0.15) is 0 Å². The molecule has 2 aromatic heterocycles. The molecule has 122 valence electrons. The van der Waals surface area contributed by atoms with Gasteiger partial charge in [0.1, 0.15) is 5.82 Å². The lowest BCUT2D eigenvalue weighted by Crippen LogP contribution is -2.44. The van der Waals surface area contributed by atoms with Gasteiger partial charge in [0, 0.05) is 5.92 Å². The molecule has 23 heavy (non-hydrogen) atoms. The summed E-state index contributed by atoms with van der Waals surface area (Å²) in [5.41, 5.74) is 0.557. The second-order valence-corrected chi connectivity index (χ2v) is 7.86. The maximum atomic E-state index is 12.6. The number of rotatable bonds is 4. The Morgan fingerprint density at radius 3 is 2.83 bits per heavy atom. The summed E-state index contributed by atoms with van der Waals surface area (Å²) in [5, 5.41) is 7.70. The number of nitrogens with zero attached hydrogens (tertiary/aromatic N) is 2. The Bertz CT molecular complexity index is 759. The fourth-order valence-electron chi connectivity index (χ4n) is 3.87. The Kier molecular flexibility index (Phi) is 3.43. The summed E-state index contributed by atoms with van der Waals surface area (Å²) in [4.78, 5) is 17.2. The van der Waals surface area contributed by atoms with E-state index in [9.17, 15) is 4.79 Å². The number of aromatic nitrogens is 2. The summed E-state index contributed by atoms with van der Waals surface area (Å²) < 4.78 is 2.14. The molecule has 0 aromatic carbocycles. The second-order valence-electron chi connectivity index (χ2n) is 7.04. The highest BCUT2D eigenvalue weighted by atomic mass is 32.2. The first-order valence-electron chi connectivity index (χ1n) is 8.06. The molecule has 0 spiro atoms. The van der Waals surface area contributed by atoms with Crippen molar-refractivity contribution < 1.29 is 4.79 Å². The maximum absolute atomic E-state index is 12.6. The van der Waals surface area contributed by atoms with Crippen molar-refractivity contribution in [1.82, 2.24) is 20.0 Å². The third kappa shape index (κ3) is 2.35. The maximum Gasteiger partial charge on any atom is 0.224 e. The number of pyridine rings is 1. The number of imidazole rings is 1. The summed E-state index contributed by atoms with van der Waals surface area (Å²) in [5.74, 6) is 2.30. The van der Waals surface area contributed by atoms with E-state index in [2.05, 4.69) is 32.3 Å². The summed E-state index contributed by atoms with van der Waals surface area (Å²) in [7, 11) is 0. The molecule has 2 aromatic rings. The van der Waals surface area contributed by atoms with Gasteiger partial charge in [-0.25, -0.2) is 4.98 Å². The predicted octanol–water partition coefficient (Wildman–Crippen LogP) is 1.87. The van der Waals surface area contributed by atoms with Crippen molar-refractivity contribution in [1.29, 1.82) is 0 Å². The van der Waals surface area contributed by atoms with Crippen LogP contribution in [0.1, 0.15) is 19.7 Å². The van der Waals surface area contributed by atoms with E-state index in [4.69, 9.17) is 0 Å². The van der Waals surface area contributed by atoms with Gasteiger partial charge in [0.25, 0.3) is 0 Å². The Morgan fingerprint density at radius 1 is 1.39 bits per heavy atom. The number of piperidine rings is 1. The Hall–Kier alpha value is -1.53. The summed E-state index contributed by atoms with van der Waals surface area (Å²) in [6.45, 7) is 6.03. The molecule has 6 heteroatoms. The first-order chi connectivity index (χ1) is 11.0. The topological polar surface area (TPSA) is 58.4 Å². The number of thioether (sulfide) groups is 1. The average molecular weight is 330 g/mol. The van der Waals surface area contributed by atoms with Crippen LogP contribution in [-0.4, -0.2) is 34.6 Å². The molecule has 1 aliphatic heterocycles. The molecule has 2 aliphatic rings. The third-order valence-corrected chi connectivity index (χ3v) is 5.85. The number of amides is 1. The van der Waals surface area contributed by atoms with Crippen LogP contribution in [-0.2, 0) is 10.3 Å². The number of carbonyl (C=O) groups excluding carboxylic acids is 1. The first kappa shape index (κ1) is 15.0. The smallest absolute Gasteiger partial charge is 0.224 e. The van der Waals surface area contributed by atoms with Crippen LogP contribution in [0.3, 0.4) is 0 Å². The third-order valence-electron chi connectivity index (χ3n) is 5.11. The van der Waals surface area contributed by atoms with Gasteiger partial charge < -0.3 is 10.6 Å². The molecular weight excluding hydrogens is 308 g/mol. The molecule has 1 aliphatic carbocycles. The van der Waals surface area contributed by atoms with E-state index >= 15 is 0 Å². The number of carbonyl (C=O) groups is 1. The minimum atomic E-state index is -0.500. The molecule has 2 fully saturated rings. The van der Waals surface area contributed by atoms with E-state index in [1.165, 1.54) is 0 Å². The molecule has 1 saturated carbocycles. The number of nitrogens with one attached hydrogen (secondary N) is 2. The Labute approximate surface area is 140 Å². The highest BCUT2D eigenvalue weighted by Gasteiger charge is 2.57. The van der Waals surface area contributed by atoms with Crippen molar-refractivity contribution >= 4 is 23.2 Å². The first-order valence-corrected chi connectivity index (χ1v) is 9.29. The molecule has 1 saturated heterocycles. The summed E-state index contributed by atoms with van der Waals surface area (Å²) in [6.07, 6.45) is 3.93. The fraction of sp³-hybridized carbons (Fsp3) is 0.529. The predicted molar refractivity (Wildman–Crippen MR) is 91.5 cm³/mol. The zero-order valence-electron chi connectivity index (χ0n) is 13.7. The lowest BCUT2D eigenvalue weighted by atomic mass is 10.0. The minimum Gasteiger partial charge on any atom is -0.344 e. The van der Waals surface area contributed by atoms with Crippen molar-refractivity contribution in [3.05, 3.63) is 30.2 Å². The van der Waals surface area contributed by atoms with Gasteiger partial charge in [0.2, 0.25) is 5.91 Å². The molecule has 2 N–H and O–H groups in total. The van der Waals surface area contributed by atoms with Crippen molar-refractivity contribution in [2.75, 3.05) is 19.3 Å². The molecule has 3 atom stereocenters. The van der Waals surface area contributed by atoms with Crippen LogP contribution in [0.4, 0.5) is 0 Å². The lowest BCUT2D eigenvalue weighted by molar-refractivity contribution is -0.124. The van der Waals surface area contributed by atoms with Crippen molar-refractivity contribution in [2.45, 2.75) is 24.4 Å². The van der Waals surface area contributed by atoms with E-state index in [-0.39, 0.29) is 11.8 Å². The molecule has 5 nitrogen and oxygen atoms in total. The fourth-order valence-corrected chi connectivity index (χ4v) is 4.46. The lowest BCUT2D eigenvalue weighted by Gasteiger charge is -2.26.